The summed E-state index contributed by atoms with van der Waals surface area (Å²) in [5, 5.41) is 0. The predicted octanol–water partition coefficient (Wildman–Crippen LogP) is 5.35. The molecule has 32 heavy (non-hydrogen) atoms. The van der Waals surface area contributed by atoms with Gasteiger partial charge in [0.15, 0.2) is 0 Å². The van der Waals surface area contributed by atoms with Gasteiger partial charge in [-0.25, -0.2) is 9.59 Å². The van der Waals surface area contributed by atoms with Gasteiger partial charge in [0.2, 0.25) is 0 Å². The van der Waals surface area contributed by atoms with E-state index in [9.17, 15) is 9.59 Å². The van der Waals surface area contributed by atoms with E-state index in [4.69, 9.17) is 18.9 Å². The van der Waals surface area contributed by atoms with Crippen molar-refractivity contribution in [1.82, 2.24) is 0 Å². The molecule has 0 saturated heterocycles. The fourth-order valence-electron chi connectivity index (χ4n) is 2.64. The summed E-state index contributed by atoms with van der Waals surface area (Å²) in [6.45, 7) is 7.84. The summed E-state index contributed by atoms with van der Waals surface area (Å²) in [5.41, 5.74) is 1.70. The molecule has 6 nitrogen and oxygen atoms in total. The average molecular weight is 430 g/mol. The van der Waals surface area contributed by atoms with Crippen LogP contribution in [0.15, 0.2) is 98.3 Å². The molecule has 0 N–H and O–H groups in total. The van der Waals surface area contributed by atoms with Gasteiger partial charge in [-0.1, -0.05) is 31.4 Å². The summed E-state index contributed by atoms with van der Waals surface area (Å²) in [4.78, 5) is 24.6. The first kappa shape index (κ1) is 22.4. The summed E-state index contributed by atoms with van der Waals surface area (Å²) < 4.78 is 21.2. The van der Waals surface area contributed by atoms with Crippen molar-refractivity contribution in [1.29, 1.82) is 0 Å². The molecule has 0 aliphatic rings. The van der Waals surface area contributed by atoms with E-state index in [-0.39, 0.29) is 0 Å². The largest absolute Gasteiger partial charge is 0.497 e. The number of rotatable bonds is 10. The van der Waals surface area contributed by atoms with E-state index >= 15 is 0 Å². The van der Waals surface area contributed by atoms with Crippen LogP contribution in [0.2, 0.25) is 0 Å². The Balaban J connectivity index is 1.55. The van der Waals surface area contributed by atoms with E-state index in [0.717, 1.165) is 5.56 Å². The average Bonchev–Trinajstić information content (AvgIpc) is 2.83. The van der Waals surface area contributed by atoms with Gasteiger partial charge in [-0.2, -0.15) is 0 Å². The highest BCUT2D eigenvalue weighted by molar-refractivity contribution is 5.92. The van der Waals surface area contributed by atoms with Crippen LogP contribution in [0.25, 0.3) is 0 Å². The first-order valence-corrected chi connectivity index (χ1v) is 9.78. The highest BCUT2D eigenvalue weighted by Crippen LogP contribution is 2.21. The molecule has 0 aliphatic heterocycles. The molecule has 0 fully saturated rings. The second-order valence-corrected chi connectivity index (χ2v) is 6.55. The van der Waals surface area contributed by atoms with E-state index in [1.165, 1.54) is 6.26 Å². The zero-order valence-corrected chi connectivity index (χ0v) is 17.4. The maximum Gasteiger partial charge on any atom is 0.343 e. The van der Waals surface area contributed by atoms with Crippen molar-refractivity contribution in [2.45, 2.75) is 6.61 Å². The molecule has 0 amide bonds. The van der Waals surface area contributed by atoms with Gasteiger partial charge in [0, 0.05) is 0 Å². The Morgan fingerprint density at radius 2 is 1.16 bits per heavy atom. The molecular weight excluding hydrogens is 408 g/mol. The van der Waals surface area contributed by atoms with E-state index in [2.05, 4.69) is 13.2 Å². The van der Waals surface area contributed by atoms with Crippen molar-refractivity contribution in [3.05, 3.63) is 115 Å². The Morgan fingerprint density at radius 3 is 1.62 bits per heavy atom. The van der Waals surface area contributed by atoms with Crippen LogP contribution in [0, 0.1) is 0 Å². The third-order valence-corrected chi connectivity index (χ3v) is 4.26. The standard InChI is InChI=1S/C26H22O6/c1-3-17-30-22-11-9-21(10-12-22)26(28)32-24-15-13-23(14-16-24)31-25(27)20-7-5-19(6-8-20)18-29-4-2/h3-16H,1-2,17-18H2. The van der Waals surface area contributed by atoms with Gasteiger partial charge in [0.25, 0.3) is 0 Å². The van der Waals surface area contributed by atoms with Crippen LogP contribution in [0.1, 0.15) is 26.3 Å². The van der Waals surface area contributed by atoms with Crippen LogP contribution in [0.4, 0.5) is 0 Å². The number of hydrogen-bond donors (Lipinski definition) is 0. The minimum absolute atomic E-state index is 0.327. The van der Waals surface area contributed by atoms with Crippen molar-refractivity contribution in [3.8, 4) is 17.2 Å². The van der Waals surface area contributed by atoms with E-state index < -0.39 is 11.9 Å². The van der Waals surface area contributed by atoms with Crippen molar-refractivity contribution in [2.24, 2.45) is 0 Å². The number of carbonyl (C=O) groups excluding carboxylic acids is 2. The Kier molecular flexibility index (Phi) is 7.81. The first-order valence-electron chi connectivity index (χ1n) is 9.78. The lowest BCUT2D eigenvalue weighted by atomic mass is 10.1. The van der Waals surface area contributed by atoms with Crippen LogP contribution in [0.3, 0.4) is 0 Å². The molecule has 3 aromatic rings. The van der Waals surface area contributed by atoms with Crippen LogP contribution in [0.5, 0.6) is 17.2 Å². The molecule has 0 aliphatic carbocycles. The van der Waals surface area contributed by atoms with Gasteiger partial charge in [-0.15, -0.1) is 0 Å². The molecular formula is C26H22O6. The zero-order valence-electron chi connectivity index (χ0n) is 17.4. The van der Waals surface area contributed by atoms with Gasteiger partial charge < -0.3 is 18.9 Å². The van der Waals surface area contributed by atoms with E-state index in [1.54, 1.807) is 78.9 Å². The normalized spacial score (nSPS) is 10.0. The number of benzene rings is 3. The summed E-state index contributed by atoms with van der Waals surface area (Å²) in [5.74, 6) is 0.286. The first-order chi connectivity index (χ1) is 15.6. The summed E-state index contributed by atoms with van der Waals surface area (Å²) in [7, 11) is 0. The van der Waals surface area contributed by atoms with Gasteiger partial charge >= 0.3 is 11.9 Å². The van der Waals surface area contributed by atoms with Gasteiger partial charge in [-0.3, -0.25) is 0 Å². The molecule has 0 heterocycles. The second kappa shape index (κ2) is 11.2. The molecule has 3 rings (SSSR count). The topological polar surface area (TPSA) is 71.1 Å². The highest BCUT2D eigenvalue weighted by atomic mass is 16.5. The van der Waals surface area contributed by atoms with Gasteiger partial charge in [0.1, 0.15) is 30.5 Å². The molecule has 3 aromatic carbocycles. The smallest absolute Gasteiger partial charge is 0.343 e. The fourth-order valence-corrected chi connectivity index (χ4v) is 2.64. The van der Waals surface area contributed by atoms with E-state index in [0.29, 0.717) is 41.6 Å². The van der Waals surface area contributed by atoms with Crippen molar-refractivity contribution >= 4 is 11.9 Å². The molecule has 6 heteroatoms. The minimum Gasteiger partial charge on any atom is -0.497 e. The van der Waals surface area contributed by atoms with Crippen molar-refractivity contribution < 1.29 is 28.5 Å². The van der Waals surface area contributed by atoms with Crippen LogP contribution in [-0.4, -0.2) is 18.5 Å². The molecule has 0 unspecified atom stereocenters. The quantitative estimate of drug-likeness (QED) is 0.187. The lowest BCUT2D eigenvalue weighted by Gasteiger charge is -2.08. The third-order valence-electron chi connectivity index (χ3n) is 4.26. The van der Waals surface area contributed by atoms with Crippen molar-refractivity contribution in [2.75, 3.05) is 6.61 Å². The lowest BCUT2D eigenvalue weighted by Crippen LogP contribution is -2.09. The van der Waals surface area contributed by atoms with Gasteiger partial charge in [-0.05, 0) is 66.2 Å². The summed E-state index contributed by atoms with van der Waals surface area (Å²) in [6, 6.07) is 19.7. The van der Waals surface area contributed by atoms with Crippen LogP contribution >= 0.6 is 0 Å². The Hall–Kier alpha value is -4.32. The van der Waals surface area contributed by atoms with Crippen LogP contribution < -0.4 is 14.2 Å². The van der Waals surface area contributed by atoms with Crippen LogP contribution in [-0.2, 0) is 11.3 Å². The SMILES string of the molecule is C=CCOc1ccc(C(=O)Oc2ccc(OC(=O)c3ccc(COC=C)cc3)cc2)cc1. The molecule has 0 spiro atoms. The molecule has 162 valence electrons. The lowest BCUT2D eigenvalue weighted by molar-refractivity contribution is 0.0719. The molecule has 0 atom stereocenters. The maximum atomic E-state index is 12.3. The third kappa shape index (κ3) is 6.34. The van der Waals surface area contributed by atoms with E-state index in [1.807, 2.05) is 0 Å². The fraction of sp³-hybridized carbons (Fsp3) is 0.0769. The number of carbonyl (C=O) groups is 2. The number of hydrogen-bond acceptors (Lipinski definition) is 6. The minimum atomic E-state index is -0.509. The van der Waals surface area contributed by atoms with Gasteiger partial charge in [0.05, 0.1) is 17.4 Å². The molecule has 0 radical (unpaired) electrons. The zero-order chi connectivity index (χ0) is 22.8. The molecule has 0 bridgehead atoms. The Labute approximate surface area is 186 Å². The second-order valence-electron chi connectivity index (χ2n) is 6.55. The van der Waals surface area contributed by atoms with Crippen molar-refractivity contribution in [3.63, 3.8) is 0 Å². The number of esters is 2. The molecule has 0 aromatic heterocycles. The monoisotopic (exact) mass is 430 g/mol. The number of ether oxygens (including phenoxy) is 4. The summed E-state index contributed by atoms with van der Waals surface area (Å²) >= 11 is 0. The highest BCUT2D eigenvalue weighted by Gasteiger charge is 2.11. The predicted molar refractivity (Wildman–Crippen MR) is 120 cm³/mol. The molecule has 0 saturated carbocycles. The maximum absolute atomic E-state index is 12.3. The Bertz CT molecular complexity index is 978. The summed E-state index contributed by atoms with van der Waals surface area (Å²) in [6.07, 6.45) is 3.00. The Morgan fingerprint density at radius 1 is 0.688 bits per heavy atom.